The van der Waals surface area contributed by atoms with Crippen LogP contribution >= 0.6 is 0 Å². The molecule has 0 aromatic rings. The van der Waals surface area contributed by atoms with Crippen molar-refractivity contribution in [2.45, 2.75) is 32.1 Å². The number of hydrogen-bond acceptors (Lipinski definition) is 2. The van der Waals surface area contributed by atoms with Gasteiger partial charge in [0.2, 0.25) is 0 Å². The molecule has 1 rings (SSSR count). The predicted molar refractivity (Wildman–Crippen MR) is 49.8 cm³/mol. The number of carbonyl (C=O) groups is 1. The van der Waals surface area contributed by atoms with E-state index < -0.39 is 0 Å². The number of Topliss-reactive ketones (excluding diaryl/α,β-unsaturated/α-hetero) is 1. The zero-order chi connectivity index (χ0) is 8.81. The van der Waals surface area contributed by atoms with Gasteiger partial charge in [0.1, 0.15) is 5.78 Å². The molecule has 1 atom stereocenters. The third kappa shape index (κ3) is 2.78. The molecular formula is C10H17NO. The van der Waals surface area contributed by atoms with Crippen molar-refractivity contribution in [3.8, 4) is 0 Å². The van der Waals surface area contributed by atoms with E-state index in [1.165, 1.54) is 0 Å². The Bertz CT molecular complexity index is 175. The highest BCUT2D eigenvalue weighted by Gasteiger charge is 2.15. The maximum absolute atomic E-state index is 11.3. The van der Waals surface area contributed by atoms with Gasteiger partial charge in [0.25, 0.3) is 0 Å². The summed E-state index contributed by atoms with van der Waals surface area (Å²) in [5.74, 6) is 0.477. The Labute approximate surface area is 73.8 Å². The summed E-state index contributed by atoms with van der Waals surface area (Å²) in [6.07, 6.45) is 9.70. The third-order valence-corrected chi connectivity index (χ3v) is 2.43. The van der Waals surface area contributed by atoms with Crippen molar-refractivity contribution < 1.29 is 4.79 Å². The molecule has 68 valence electrons. The number of carbonyl (C=O) groups excluding carboxylic acids is 1. The summed E-state index contributed by atoms with van der Waals surface area (Å²) in [5.41, 5.74) is 5.33. The van der Waals surface area contributed by atoms with Gasteiger partial charge in [-0.15, -0.1) is 0 Å². The molecule has 0 radical (unpaired) electrons. The average Bonchev–Trinajstić information content (AvgIpc) is 2.02. The summed E-state index contributed by atoms with van der Waals surface area (Å²) >= 11 is 0. The average molecular weight is 167 g/mol. The van der Waals surface area contributed by atoms with Crippen LogP contribution in [0.15, 0.2) is 12.2 Å². The van der Waals surface area contributed by atoms with Crippen LogP contribution < -0.4 is 5.73 Å². The smallest absolute Gasteiger partial charge is 0.149 e. The fourth-order valence-corrected chi connectivity index (χ4v) is 1.65. The Kier molecular flexibility index (Phi) is 4.01. The summed E-state index contributed by atoms with van der Waals surface area (Å²) in [7, 11) is 0. The van der Waals surface area contributed by atoms with Crippen LogP contribution in [0.4, 0.5) is 0 Å². The maximum Gasteiger partial charge on any atom is 0.149 e. The minimum absolute atomic E-state index is 0.217. The van der Waals surface area contributed by atoms with E-state index in [0.29, 0.717) is 0 Å². The molecule has 0 amide bonds. The van der Waals surface area contributed by atoms with Crippen molar-refractivity contribution in [1.29, 1.82) is 0 Å². The number of rotatable bonds is 2. The summed E-state index contributed by atoms with van der Waals surface area (Å²) in [6.45, 7) is 0.217. The second-order valence-electron chi connectivity index (χ2n) is 3.35. The van der Waals surface area contributed by atoms with E-state index in [-0.39, 0.29) is 18.2 Å². The second-order valence-corrected chi connectivity index (χ2v) is 3.35. The molecule has 0 spiro atoms. The highest BCUT2D eigenvalue weighted by atomic mass is 16.1. The second kappa shape index (κ2) is 5.09. The van der Waals surface area contributed by atoms with Gasteiger partial charge in [-0.25, -0.2) is 0 Å². The van der Waals surface area contributed by atoms with E-state index >= 15 is 0 Å². The van der Waals surface area contributed by atoms with Crippen molar-refractivity contribution in [2.75, 3.05) is 6.54 Å². The molecule has 0 aromatic carbocycles. The lowest BCUT2D eigenvalue weighted by Crippen LogP contribution is -2.23. The third-order valence-electron chi connectivity index (χ3n) is 2.43. The Morgan fingerprint density at radius 2 is 2.08 bits per heavy atom. The molecule has 0 aromatic heterocycles. The number of ketones is 1. The lowest BCUT2D eigenvalue weighted by Gasteiger charge is -2.14. The van der Waals surface area contributed by atoms with Crippen molar-refractivity contribution >= 4 is 5.78 Å². The lowest BCUT2D eigenvalue weighted by atomic mass is 9.90. The zero-order valence-corrected chi connectivity index (χ0v) is 7.46. The normalized spacial score (nSPS) is 27.2. The van der Waals surface area contributed by atoms with E-state index in [0.717, 1.165) is 32.1 Å². The van der Waals surface area contributed by atoms with Crippen LogP contribution in [0.1, 0.15) is 32.1 Å². The maximum atomic E-state index is 11.3. The first-order chi connectivity index (χ1) is 5.84. The lowest BCUT2D eigenvalue weighted by molar-refractivity contribution is -0.121. The molecule has 0 bridgehead atoms. The largest absolute Gasteiger partial charge is 0.324 e. The molecule has 0 aliphatic heterocycles. The summed E-state index contributed by atoms with van der Waals surface area (Å²) in [4.78, 5) is 11.3. The molecule has 2 heteroatoms. The molecule has 12 heavy (non-hydrogen) atoms. The van der Waals surface area contributed by atoms with E-state index in [1.54, 1.807) is 0 Å². The predicted octanol–water partition coefficient (Wildman–Crippen LogP) is 1.65. The van der Waals surface area contributed by atoms with Gasteiger partial charge < -0.3 is 5.73 Å². The number of hydrogen-bond donors (Lipinski definition) is 1. The molecule has 1 aliphatic rings. The molecule has 0 saturated carbocycles. The highest BCUT2D eigenvalue weighted by Crippen LogP contribution is 2.18. The van der Waals surface area contributed by atoms with Crippen LogP contribution in [-0.2, 0) is 4.79 Å². The Balaban J connectivity index is 2.42. The minimum Gasteiger partial charge on any atom is -0.324 e. The van der Waals surface area contributed by atoms with Crippen LogP contribution in [0.3, 0.4) is 0 Å². The van der Waals surface area contributed by atoms with Crippen LogP contribution in [0.5, 0.6) is 0 Å². The fourth-order valence-electron chi connectivity index (χ4n) is 1.65. The fraction of sp³-hybridized carbons (Fsp3) is 0.700. The van der Waals surface area contributed by atoms with Gasteiger partial charge in [-0.05, 0) is 32.1 Å². The Morgan fingerprint density at radius 1 is 1.33 bits per heavy atom. The SMILES string of the molecule is NCC(=O)C1CC/C=C\CCC1. The first kappa shape index (κ1) is 9.46. The number of nitrogens with two attached hydrogens (primary N) is 1. The van der Waals surface area contributed by atoms with Gasteiger partial charge in [-0.2, -0.15) is 0 Å². The van der Waals surface area contributed by atoms with Gasteiger partial charge >= 0.3 is 0 Å². The van der Waals surface area contributed by atoms with Gasteiger partial charge in [-0.1, -0.05) is 12.2 Å². The minimum atomic E-state index is 0.217. The topological polar surface area (TPSA) is 43.1 Å². The van der Waals surface area contributed by atoms with E-state index in [4.69, 9.17) is 5.73 Å². The van der Waals surface area contributed by atoms with E-state index in [9.17, 15) is 4.79 Å². The monoisotopic (exact) mass is 167 g/mol. The molecule has 1 aliphatic carbocycles. The molecule has 0 heterocycles. The molecule has 0 saturated heterocycles. The first-order valence-electron chi connectivity index (χ1n) is 4.72. The quantitative estimate of drug-likeness (QED) is 0.635. The number of allylic oxidation sites excluding steroid dienone is 2. The molecule has 1 unspecified atom stereocenters. The van der Waals surface area contributed by atoms with E-state index in [2.05, 4.69) is 12.2 Å². The molecule has 2 N–H and O–H groups in total. The van der Waals surface area contributed by atoms with Gasteiger partial charge in [0.05, 0.1) is 6.54 Å². The van der Waals surface area contributed by atoms with Crippen LogP contribution in [-0.4, -0.2) is 12.3 Å². The summed E-state index contributed by atoms with van der Waals surface area (Å²) in [6, 6.07) is 0. The standard InChI is InChI=1S/C10H17NO/c11-8-10(12)9-6-4-2-1-3-5-7-9/h1-2,9H,3-8,11H2/b2-1-. The van der Waals surface area contributed by atoms with Crippen LogP contribution in [0, 0.1) is 5.92 Å². The van der Waals surface area contributed by atoms with E-state index in [1.807, 2.05) is 0 Å². The summed E-state index contributed by atoms with van der Waals surface area (Å²) < 4.78 is 0. The van der Waals surface area contributed by atoms with Crippen molar-refractivity contribution in [2.24, 2.45) is 11.7 Å². The van der Waals surface area contributed by atoms with Crippen molar-refractivity contribution in [1.82, 2.24) is 0 Å². The van der Waals surface area contributed by atoms with Gasteiger partial charge in [0.15, 0.2) is 0 Å². The van der Waals surface area contributed by atoms with Gasteiger partial charge in [-0.3, -0.25) is 4.79 Å². The molecule has 2 nitrogen and oxygen atoms in total. The molecule has 0 fully saturated rings. The highest BCUT2D eigenvalue weighted by molar-refractivity contribution is 5.82. The molecular weight excluding hydrogens is 150 g/mol. The zero-order valence-electron chi connectivity index (χ0n) is 7.46. The Hall–Kier alpha value is -0.630. The Morgan fingerprint density at radius 3 is 2.83 bits per heavy atom. The summed E-state index contributed by atoms with van der Waals surface area (Å²) in [5, 5.41) is 0. The van der Waals surface area contributed by atoms with Crippen molar-refractivity contribution in [3.05, 3.63) is 12.2 Å². The van der Waals surface area contributed by atoms with Crippen LogP contribution in [0.2, 0.25) is 0 Å². The first-order valence-corrected chi connectivity index (χ1v) is 4.72. The van der Waals surface area contributed by atoms with Gasteiger partial charge in [0, 0.05) is 5.92 Å². The van der Waals surface area contributed by atoms with Crippen molar-refractivity contribution in [3.63, 3.8) is 0 Å². The van der Waals surface area contributed by atoms with Crippen LogP contribution in [0.25, 0.3) is 0 Å².